The van der Waals surface area contributed by atoms with Gasteiger partial charge in [-0.25, -0.2) is 0 Å². The lowest BCUT2D eigenvalue weighted by atomic mass is 9.92. The predicted molar refractivity (Wildman–Crippen MR) is 69.6 cm³/mol. The van der Waals surface area contributed by atoms with Crippen molar-refractivity contribution in [3.63, 3.8) is 0 Å². The Morgan fingerprint density at radius 3 is 2.24 bits per heavy atom. The van der Waals surface area contributed by atoms with Crippen LogP contribution in [0, 0.1) is 11.8 Å². The van der Waals surface area contributed by atoms with E-state index in [2.05, 4.69) is 31.4 Å². The van der Waals surface area contributed by atoms with Crippen LogP contribution >= 0.6 is 0 Å². The van der Waals surface area contributed by atoms with Crippen molar-refractivity contribution in [3.05, 3.63) is 0 Å². The number of hydrogen-bond donors (Lipinski definition) is 4. The normalized spacial score (nSPS) is 31.2. The van der Waals surface area contributed by atoms with Gasteiger partial charge in [0.05, 0.1) is 6.10 Å². The maximum Gasteiger partial charge on any atom is 0.109 e. The number of nitrogens with one attached hydrogen (secondary N) is 2. The van der Waals surface area contributed by atoms with E-state index in [1.807, 2.05) is 0 Å². The first kappa shape index (κ1) is 14.9. The first-order chi connectivity index (χ1) is 7.91. The average molecular weight is 244 g/mol. The van der Waals surface area contributed by atoms with E-state index >= 15 is 0 Å². The minimum absolute atomic E-state index is 0.0515. The molecular weight excluding hydrogens is 216 g/mol. The standard InChI is InChI=1S/C13H28N2O2/c1-8(2)12(10(4)16)15-13(17)11-6-5-9(3)14-7-11/h8-17H,5-7H2,1-4H3/t9?,10?,11?,12-,13?/m1/s1. The molecule has 0 bridgehead atoms. The van der Waals surface area contributed by atoms with Gasteiger partial charge in [-0.3, -0.25) is 5.32 Å². The van der Waals surface area contributed by atoms with E-state index in [-0.39, 0.29) is 12.0 Å². The van der Waals surface area contributed by atoms with Crippen molar-refractivity contribution in [2.24, 2.45) is 11.8 Å². The molecule has 17 heavy (non-hydrogen) atoms. The molecule has 1 fully saturated rings. The van der Waals surface area contributed by atoms with Gasteiger partial charge in [-0.05, 0) is 32.6 Å². The molecule has 1 aliphatic heterocycles. The number of aliphatic hydroxyl groups excluding tert-OH is 2. The zero-order chi connectivity index (χ0) is 13.0. The lowest BCUT2D eigenvalue weighted by Gasteiger charge is -2.35. The first-order valence-corrected chi connectivity index (χ1v) is 6.77. The monoisotopic (exact) mass is 244 g/mol. The Bertz CT molecular complexity index is 205. The van der Waals surface area contributed by atoms with Crippen LogP contribution in [0.5, 0.6) is 0 Å². The molecule has 0 aromatic heterocycles. The van der Waals surface area contributed by atoms with Crippen LogP contribution in [0.15, 0.2) is 0 Å². The van der Waals surface area contributed by atoms with Crippen molar-refractivity contribution in [1.82, 2.24) is 10.6 Å². The Morgan fingerprint density at radius 1 is 1.18 bits per heavy atom. The van der Waals surface area contributed by atoms with Crippen molar-refractivity contribution in [1.29, 1.82) is 0 Å². The van der Waals surface area contributed by atoms with Crippen LogP contribution in [0.25, 0.3) is 0 Å². The molecule has 0 aromatic rings. The van der Waals surface area contributed by atoms with Crippen LogP contribution in [-0.4, -0.2) is 41.2 Å². The molecule has 0 spiro atoms. The highest BCUT2D eigenvalue weighted by atomic mass is 16.3. The summed E-state index contributed by atoms with van der Waals surface area (Å²) in [6, 6.07) is 0.500. The van der Waals surface area contributed by atoms with Gasteiger partial charge >= 0.3 is 0 Å². The lowest BCUT2D eigenvalue weighted by Crippen LogP contribution is -2.53. The molecular formula is C13H28N2O2. The summed E-state index contributed by atoms with van der Waals surface area (Å²) in [6.07, 6.45) is 1.16. The average Bonchev–Trinajstić information content (AvgIpc) is 2.25. The molecule has 0 radical (unpaired) electrons. The molecule has 0 saturated carbocycles. The molecule has 4 nitrogen and oxygen atoms in total. The van der Waals surface area contributed by atoms with Crippen molar-refractivity contribution < 1.29 is 10.2 Å². The van der Waals surface area contributed by atoms with Crippen LogP contribution in [0.2, 0.25) is 0 Å². The predicted octanol–water partition coefficient (Wildman–Crippen LogP) is 0.688. The van der Waals surface area contributed by atoms with Crippen molar-refractivity contribution in [2.75, 3.05) is 6.54 Å². The Labute approximate surface area is 105 Å². The van der Waals surface area contributed by atoms with Gasteiger partial charge in [0.15, 0.2) is 0 Å². The quantitative estimate of drug-likeness (QED) is 0.537. The maximum atomic E-state index is 10.2. The third-order valence-corrected chi connectivity index (χ3v) is 3.75. The molecule has 4 heteroatoms. The van der Waals surface area contributed by atoms with E-state index in [9.17, 15) is 10.2 Å². The van der Waals surface area contributed by atoms with Gasteiger partial charge in [-0.2, -0.15) is 0 Å². The second-order valence-corrected chi connectivity index (χ2v) is 5.77. The molecule has 1 heterocycles. The highest BCUT2D eigenvalue weighted by Crippen LogP contribution is 2.18. The molecule has 0 aliphatic carbocycles. The molecule has 1 aliphatic rings. The van der Waals surface area contributed by atoms with Crippen LogP contribution in [0.1, 0.15) is 40.5 Å². The molecule has 0 amide bonds. The zero-order valence-electron chi connectivity index (χ0n) is 11.5. The van der Waals surface area contributed by atoms with E-state index in [4.69, 9.17) is 0 Å². The van der Waals surface area contributed by atoms with Gasteiger partial charge in [0.1, 0.15) is 6.23 Å². The summed E-state index contributed by atoms with van der Waals surface area (Å²) in [6.45, 7) is 8.89. The summed E-state index contributed by atoms with van der Waals surface area (Å²) >= 11 is 0. The van der Waals surface area contributed by atoms with E-state index in [1.165, 1.54) is 0 Å². The highest BCUT2D eigenvalue weighted by molar-refractivity contribution is 4.83. The van der Waals surface area contributed by atoms with Gasteiger partial charge in [0, 0.05) is 24.5 Å². The fourth-order valence-electron chi connectivity index (χ4n) is 2.51. The molecule has 4 N–H and O–H groups in total. The van der Waals surface area contributed by atoms with E-state index < -0.39 is 12.3 Å². The van der Waals surface area contributed by atoms with Crippen LogP contribution < -0.4 is 10.6 Å². The summed E-state index contributed by atoms with van der Waals surface area (Å²) in [5.74, 6) is 0.548. The molecule has 4 unspecified atom stereocenters. The molecule has 102 valence electrons. The van der Waals surface area contributed by atoms with Gasteiger partial charge in [-0.1, -0.05) is 13.8 Å². The third-order valence-electron chi connectivity index (χ3n) is 3.75. The van der Waals surface area contributed by atoms with Gasteiger partial charge in [0.25, 0.3) is 0 Å². The fraction of sp³-hybridized carbons (Fsp3) is 1.00. The summed E-state index contributed by atoms with van der Waals surface area (Å²) in [7, 11) is 0. The van der Waals surface area contributed by atoms with Gasteiger partial charge in [-0.15, -0.1) is 0 Å². The second kappa shape index (κ2) is 6.69. The Balaban J connectivity index is 2.44. The Hall–Kier alpha value is -0.160. The number of piperidine rings is 1. The van der Waals surface area contributed by atoms with Crippen LogP contribution in [-0.2, 0) is 0 Å². The van der Waals surface area contributed by atoms with Crippen molar-refractivity contribution in [2.45, 2.75) is 65.0 Å². The second-order valence-electron chi connectivity index (χ2n) is 5.77. The van der Waals surface area contributed by atoms with Gasteiger partial charge < -0.3 is 15.5 Å². The topological polar surface area (TPSA) is 64.5 Å². The van der Waals surface area contributed by atoms with E-state index in [0.29, 0.717) is 12.0 Å². The van der Waals surface area contributed by atoms with Gasteiger partial charge in [0.2, 0.25) is 0 Å². The Kier molecular flexibility index (Phi) is 5.86. The summed E-state index contributed by atoms with van der Waals surface area (Å²) in [5.41, 5.74) is 0. The molecule has 5 atom stereocenters. The fourth-order valence-corrected chi connectivity index (χ4v) is 2.51. The summed E-state index contributed by atoms with van der Waals surface area (Å²) in [4.78, 5) is 0. The van der Waals surface area contributed by atoms with Crippen molar-refractivity contribution in [3.8, 4) is 0 Å². The molecule has 1 rings (SSSR count). The summed E-state index contributed by atoms with van der Waals surface area (Å²) in [5, 5.41) is 26.4. The lowest BCUT2D eigenvalue weighted by molar-refractivity contribution is 0.0133. The maximum absolute atomic E-state index is 10.2. The first-order valence-electron chi connectivity index (χ1n) is 6.77. The third kappa shape index (κ3) is 4.54. The minimum atomic E-state index is -0.531. The summed E-state index contributed by atoms with van der Waals surface area (Å²) < 4.78 is 0. The minimum Gasteiger partial charge on any atom is -0.392 e. The smallest absolute Gasteiger partial charge is 0.109 e. The van der Waals surface area contributed by atoms with E-state index in [0.717, 1.165) is 19.4 Å². The van der Waals surface area contributed by atoms with E-state index in [1.54, 1.807) is 6.92 Å². The zero-order valence-corrected chi connectivity index (χ0v) is 11.5. The molecule has 1 saturated heterocycles. The largest absolute Gasteiger partial charge is 0.392 e. The van der Waals surface area contributed by atoms with Crippen molar-refractivity contribution >= 4 is 0 Å². The van der Waals surface area contributed by atoms with Crippen LogP contribution in [0.4, 0.5) is 0 Å². The number of aliphatic hydroxyl groups is 2. The Morgan fingerprint density at radius 2 is 1.82 bits per heavy atom. The number of hydrogen-bond acceptors (Lipinski definition) is 4. The number of rotatable bonds is 5. The molecule has 0 aromatic carbocycles. The SMILES string of the molecule is CC1CCC(C(O)N[C@H](C(C)C)C(C)O)CN1. The highest BCUT2D eigenvalue weighted by Gasteiger charge is 2.28. The van der Waals surface area contributed by atoms with Crippen LogP contribution in [0.3, 0.4) is 0 Å².